The summed E-state index contributed by atoms with van der Waals surface area (Å²) in [6.45, 7) is 6.63. The Morgan fingerprint density at radius 3 is 2.79 bits per heavy atom. The van der Waals surface area contributed by atoms with Crippen LogP contribution in [0.1, 0.15) is 25.3 Å². The van der Waals surface area contributed by atoms with E-state index >= 15 is 0 Å². The van der Waals surface area contributed by atoms with Gasteiger partial charge in [-0.15, -0.1) is 24.0 Å². The van der Waals surface area contributed by atoms with Gasteiger partial charge in [0.25, 0.3) is 0 Å². The second kappa shape index (κ2) is 9.29. The van der Waals surface area contributed by atoms with E-state index in [0.717, 1.165) is 58.1 Å². The van der Waals surface area contributed by atoms with Crippen molar-refractivity contribution in [3.63, 3.8) is 0 Å². The van der Waals surface area contributed by atoms with Crippen molar-refractivity contribution in [2.45, 2.75) is 30.9 Å². The molecule has 0 radical (unpaired) electrons. The minimum absolute atomic E-state index is 0. The van der Waals surface area contributed by atoms with Crippen molar-refractivity contribution in [3.05, 3.63) is 29.8 Å². The van der Waals surface area contributed by atoms with E-state index in [9.17, 15) is 0 Å². The van der Waals surface area contributed by atoms with Crippen molar-refractivity contribution in [2.24, 2.45) is 4.99 Å². The van der Waals surface area contributed by atoms with Gasteiger partial charge in [-0.25, -0.2) is 0 Å². The fraction of sp³-hybridized carbons (Fsp3) is 0.611. The highest BCUT2D eigenvalue weighted by atomic mass is 127. The molecule has 2 heterocycles. The van der Waals surface area contributed by atoms with Crippen LogP contribution in [0.3, 0.4) is 0 Å². The fourth-order valence-electron chi connectivity index (χ4n) is 3.34. The van der Waals surface area contributed by atoms with Crippen LogP contribution in [0.4, 0.5) is 5.69 Å². The summed E-state index contributed by atoms with van der Waals surface area (Å²) in [5, 5.41) is 3.48. The summed E-state index contributed by atoms with van der Waals surface area (Å²) < 4.78 is 5.77. The van der Waals surface area contributed by atoms with Crippen LogP contribution in [0.2, 0.25) is 0 Å². The smallest absolute Gasteiger partial charge is 0.198 e. The highest BCUT2D eigenvalue weighted by molar-refractivity contribution is 14.0. The minimum atomic E-state index is 0. The third-order valence-corrected chi connectivity index (χ3v) is 6.24. The van der Waals surface area contributed by atoms with Crippen molar-refractivity contribution in [2.75, 3.05) is 44.0 Å². The van der Waals surface area contributed by atoms with E-state index in [1.54, 1.807) is 0 Å². The number of rotatable bonds is 4. The summed E-state index contributed by atoms with van der Waals surface area (Å²) in [5.41, 5.74) is 2.72. The average Bonchev–Trinajstić information content (AvgIpc) is 3.03. The standard InChI is InChI=1S/C18H27N3OS.HI/c1-3-19-17(20-14-18(23-2)9-12-22-13-10-18)21-11-8-15-6-4-5-7-16(15)21;/h4-7H,3,8-14H2,1-2H3,(H,19,20);1H. The number of benzene rings is 1. The third kappa shape index (κ3) is 4.38. The summed E-state index contributed by atoms with van der Waals surface area (Å²) in [7, 11) is 0. The monoisotopic (exact) mass is 461 g/mol. The molecule has 6 heteroatoms. The largest absolute Gasteiger partial charge is 0.381 e. The van der Waals surface area contributed by atoms with Crippen molar-refractivity contribution in [3.8, 4) is 0 Å². The lowest BCUT2D eigenvalue weighted by Crippen LogP contribution is -2.43. The van der Waals surface area contributed by atoms with Gasteiger partial charge in [-0.2, -0.15) is 11.8 Å². The molecular formula is C18H28IN3OS. The summed E-state index contributed by atoms with van der Waals surface area (Å²) in [4.78, 5) is 7.36. The van der Waals surface area contributed by atoms with Crippen LogP contribution >= 0.6 is 35.7 Å². The first kappa shape index (κ1) is 19.8. The Morgan fingerprint density at radius 2 is 2.08 bits per heavy atom. The Morgan fingerprint density at radius 1 is 1.33 bits per heavy atom. The molecule has 1 aromatic rings. The molecule has 4 nitrogen and oxygen atoms in total. The number of anilines is 1. The van der Waals surface area contributed by atoms with Crippen LogP contribution < -0.4 is 10.2 Å². The van der Waals surface area contributed by atoms with E-state index in [2.05, 4.69) is 47.7 Å². The first-order valence-electron chi connectivity index (χ1n) is 8.55. The number of fused-ring (bicyclic) bond motifs is 1. The van der Waals surface area contributed by atoms with Gasteiger partial charge in [0.1, 0.15) is 0 Å². The second-order valence-corrected chi connectivity index (χ2v) is 7.47. The maximum absolute atomic E-state index is 5.54. The lowest BCUT2D eigenvalue weighted by Gasteiger charge is -2.34. The topological polar surface area (TPSA) is 36.9 Å². The molecule has 0 aromatic heterocycles. The SMILES string of the molecule is CCNC(=NCC1(SC)CCOCC1)N1CCc2ccccc21.I. The van der Waals surface area contributed by atoms with Gasteiger partial charge in [0.15, 0.2) is 5.96 Å². The maximum Gasteiger partial charge on any atom is 0.198 e. The molecule has 1 aromatic carbocycles. The number of hydrogen-bond donors (Lipinski definition) is 1. The van der Waals surface area contributed by atoms with Crippen LogP contribution in [0.25, 0.3) is 0 Å². The Hall–Kier alpha value is -0.470. The molecule has 24 heavy (non-hydrogen) atoms. The van der Waals surface area contributed by atoms with E-state index in [1.807, 2.05) is 11.8 Å². The average molecular weight is 461 g/mol. The zero-order chi connectivity index (χ0) is 16.1. The van der Waals surface area contributed by atoms with E-state index in [-0.39, 0.29) is 28.7 Å². The third-order valence-electron chi connectivity index (χ3n) is 4.83. The lowest BCUT2D eigenvalue weighted by atomic mass is 9.99. The van der Waals surface area contributed by atoms with Gasteiger partial charge >= 0.3 is 0 Å². The number of halogens is 1. The summed E-state index contributed by atoms with van der Waals surface area (Å²) >= 11 is 1.95. The lowest BCUT2D eigenvalue weighted by molar-refractivity contribution is 0.0794. The first-order valence-corrected chi connectivity index (χ1v) is 9.77. The molecule has 0 saturated carbocycles. The zero-order valence-electron chi connectivity index (χ0n) is 14.6. The molecule has 0 bridgehead atoms. The van der Waals surface area contributed by atoms with E-state index < -0.39 is 0 Å². The van der Waals surface area contributed by atoms with Gasteiger partial charge < -0.3 is 15.0 Å². The Kier molecular flexibility index (Phi) is 7.68. The quantitative estimate of drug-likeness (QED) is 0.423. The maximum atomic E-state index is 5.54. The van der Waals surface area contributed by atoms with Crippen LogP contribution in [-0.4, -0.2) is 49.8 Å². The van der Waals surface area contributed by atoms with E-state index in [0.29, 0.717) is 0 Å². The van der Waals surface area contributed by atoms with Gasteiger partial charge in [-0.1, -0.05) is 18.2 Å². The predicted octanol–water partition coefficient (Wildman–Crippen LogP) is 3.54. The number of thioether (sulfide) groups is 1. The van der Waals surface area contributed by atoms with Gasteiger partial charge in [0.05, 0.1) is 6.54 Å². The van der Waals surface area contributed by atoms with E-state index in [1.165, 1.54) is 11.3 Å². The second-order valence-electron chi connectivity index (χ2n) is 6.20. The zero-order valence-corrected chi connectivity index (χ0v) is 17.7. The molecule has 2 aliphatic rings. The number of hydrogen-bond acceptors (Lipinski definition) is 3. The van der Waals surface area contributed by atoms with Gasteiger partial charge in [0.2, 0.25) is 0 Å². The van der Waals surface area contributed by atoms with Gasteiger partial charge in [-0.05, 0) is 44.1 Å². The molecule has 1 saturated heterocycles. The van der Waals surface area contributed by atoms with Crippen LogP contribution in [0.5, 0.6) is 0 Å². The molecule has 134 valence electrons. The molecule has 0 amide bonds. The van der Waals surface area contributed by atoms with Crippen LogP contribution in [0.15, 0.2) is 29.3 Å². The Balaban J connectivity index is 0.00000208. The summed E-state index contributed by atoms with van der Waals surface area (Å²) in [5.74, 6) is 1.03. The predicted molar refractivity (Wildman–Crippen MR) is 115 cm³/mol. The summed E-state index contributed by atoms with van der Waals surface area (Å²) in [6.07, 6.45) is 5.49. The van der Waals surface area contributed by atoms with Crippen molar-refractivity contribution >= 4 is 47.4 Å². The highest BCUT2D eigenvalue weighted by Crippen LogP contribution is 2.34. The molecule has 1 N–H and O–H groups in total. The molecule has 3 rings (SSSR count). The molecule has 0 spiro atoms. The Bertz CT molecular complexity index is 561. The molecule has 1 fully saturated rings. The number of para-hydroxylation sites is 1. The van der Waals surface area contributed by atoms with Gasteiger partial charge in [-0.3, -0.25) is 4.99 Å². The molecule has 0 unspecified atom stereocenters. The normalized spacial score (nSPS) is 19.6. The Labute approximate surface area is 166 Å². The number of nitrogens with one attached hydrogen (secondary N) is 1. The molecular weight excluding hydrogens is 433 g/mol. The van der Waals surface area contributed by atoms with E-state index in [4.69, 9.17) is 9.73 Å². The molecule has 0 aliphatic carbocycles. The van der Waals surface area contributed by atoms with Crippen LogP contribution in [-0.2, 0) is 11.2 Å². The van der Waals surface area contributed by atoms with Gasteiger partial charge in [0, 0.05) is 36.7 Å². The van der Waals surface area contributed by atoms with Crippen molar-refractivity contribution in [1.82, 2.24) is 5.32 Å². The number of aliphatic imine (C=N–C) groups is 1. The van der Waals surface area contributed by atoms with Crippen molar-refractivity contribution < 1.29 is 4.74 Å². The number of ether oxygens (including phenoxy) is 1. The highest BCUT2D eigenvalue weighted by Gasteiger charge is 2.32. The number of guanidine groups is 1. The number of nitrogens with zero attached hydrogens (tertiary/aromatic N) is 2. The van der Waals surface area contributed by atoms with Crippen LogP contribution in [0, 0.1) is 0 Å². The molecule has 2 aliphatic heterocycles. The fourth-order valence-corrected chi connectivity index (χ4v) is 4.11. The molecule has 0 atom stereocenters. The minimum Gasteiger partial charge on any atom is -0.381 e. The first-order chi connectivity index (χ1) is 11.3. The summed E-state index contributed by atoms with van der Waals surface area (Å²) in [6, 6.07) is 8.66. The van der Waals surface area contributed by atoms with Crippen molar-refractivity contribution in [1.29, 1.82) is 0 Å².